The normalized spacial score (nSPS) is 13.3. The van der Waals surface area contributed by atoms with Crippen molar-refractivity contribution in [3.8, 4) is 11.1 Å². The van der Waals surface area contributed by atoms with E-state index in [1.54, 1.807) is 66.7 Å². The summed E-state index contributed by atoms with van der Waals surface area (Å²) < 4.78 is 27.0. The molecule has 0 aromatic heterocycles. The molecule has 180 valence electrons. The van der Waals surface area contributed by atoms with Crippen LogP contribution in [0.1, 0.15) is 26.3 Å². The van der Waals surface area contributed by atoms with Gasteiger partial charge in [0.05, 0.1) is 21.8 Å². The second kappa shape index (κ2) is 9.31. The summed E-state index contributed by atoms with van der Waals surface area (Å²) in [4.78, 5) is 26.3. The number of nitrogens with one attached hydrogen (secondary N) is 2. The minimum Gasteiger partial charge on any atom is -0.348 e. The largest absolute Gasteiger partial charge is 0.348 e. The second-order valence-electron chi connectivity index (χ2n) is 8.37. The van der Waals surface area contributed by atoms with Gasteiger partial charge in [0, 0.05) is 30.3 Å². The fraction of sp³-hybridized carbons (Fsp3) is 0.0714. The Labute approximate surface area is 209 Å². The van der Waals surface area contributed by atoms with E-state index in [0.29, 0.717) is 40.2 Å². The molecule has 2 amide bonds. The van der Waals surface area contributed by atoms with E-state index in [0.717, 1.165) is 5.56 Å². The molecule has 4 aromatic carbocycles. The Kier molecular flexibility index (Phi) is 6.03. The second-order valence-corrected chi connectivity index (χ2v) is 10.3. The molecule has 0 unspecified atom stereocenters. The lowest BCUT2D eigenvalue weighted by Gasteiger charge is -2.29. The molecule has 0 spiro atoms. The molecular weight excluding hydrogens is 474 g/mol. The Morgan fingerprint density at radius 1 is 0.778 bits per heavy atom. The number of hydrogen-bond donors (Lipinski definition) is 2. The molecule has 0 radical (unpaired) electrons. The molecule has 0 aliphatic carbocycles. The quantitative estimate of drug-likeness (QED) is 0.419. The Morgan fingerprint density at radius 3 is 2.28 bits per heavy atom. The topological polar surface area (TPSA) is 95.6 Å². The molecule has 1 aliphatic rings. The summed E-state index contributed by atoms with van der Waals surface area (Å²) in [6.07, 6.45) is 0. The van der Waals surface area contributed by atoms with Gasteiger partial charge in [-0.05, 0) is 42.0 Å². The van der Waals surface area contributed by atoms with Crippen molar-refractivity contribution in [2.24, 2.45) is 0 Å². The summed E-state index contributed by atoms with van der Waals surface area (Å²) in [5, 5.41) is 5.71. The van der Waals surface area contributed by atoms with Crippen LogP contribution in [0.2, 0.25) is 0 Å². The molecule has 5 rings (SSSR count). The predicted octanol–water partition coefficient (Wildman–Crippen LogP) is 4.67. The molecule has 0 saturated carbocycles. The average Bonchev–Trinajstić information content (AvgIpc) is 2.91. The van der Waals surface area contributed by atoms with Crippen LogP contribution in [-0.4, -0.2) is 27.3 Å². The van der Waals surface area contributed by atoms with Crippen LogP contribution in [-0.2, 0) is 16.6 Å². The van der Waals surface area contributed by atoms with Gasteiger partial charge in [0.25, 0.3) is 21.8 Å². The van der Waals surface area contributed by atoms with Crippen LogP contribution in [0, 0.1) is 0 Å². The number of sulfonamides is 1. The van der Waals surface area contributed by atoms with Crippen LogP contribution in [0.4, 0.5) is 11.4 Å². The number of benzene rings is 4. The summed E-state index contributed by atoms with van der Waals surface area (Å²) in [5.41, 5.74) is 3.71. The van der Waals surface area contributed by atoms with Gasteiger partial charge in [-0.3, -0.25) is 13.9 Å². The summed E-state index contributed by atoms with van der Waals surface area (Å²) in [5.74, 6) is -0.712. The number of fused-ring (bicyclic) bond motifs is 3. The molecule has 7 nitrogen and oxygen atoms in total. The van der Waals surface area contributed by atoms with Crippen molar-refractivity contribution in [3.63, 3.8) is 0 Å². The third-order valence-corrected chi connectivity index (χ3v) is 7.96. The van der Waals surface area contributed by atoms with Gasteiger partial charge < -0.3 is 10.6 Å². The first-order chi connectivity index (χ1) is 17.4. The SMILES string of the molecule is CN1c2ccc(C(=O)Nc3ccccc3C(=O)NCc3ccccc3)cc2-c2ccccc2S1(=O)=O. The van der Waals surface area contributed by atoms with Gasteiger partial charge in [0.15, 0.2) is 0 Å². The third-order valence-electron chi connectivity index (χ3n) is 6.13. The molecule has 8 heteroatoms. The van der Waals surface area contributed by atoms with Crippen LogP contribution in [0.15, 0.2) is 102 Å². The molecule has 0 atom stereocenters. The summed E-state index contributed by atoms with van der Waals surface area (Å²) >= 11 is 0. The highest BCUT2D eigenvalue weighted by Crippen LogP contribution is 2.42. The molecule has 36 heavy (non-hydrogen) atoms. The zero-order chi connectivity index (χ0) is 25.3. The number of carbonyl (C=O) groups excluding carboxylic acids is 2. The monoisotopic (exact) mass is 497 g/mol. The Morgan fingerprint density at radius 2 is 1.47 bits per heavy atom. The minimum absolute atomic E-state index is 0.193. The first-order valence-corrected chi connectivity index (χ1v) is 12.7. The predicted molar refractivity (Wildman–Crippen MR) is 139 cm³/mol. The van der Waals surface area contributed by atoms with Gasteiger partial charge in [-0.1, -0.05) is 60.7 Å². The van der Waals surface area contributed by atoms with Crippen molar-refractivity contribution in [1.29, 1.82) is 0 Å². The third kappa shape index (κ3) is 4.23. The lowest BCUT2D eigenvalue weighted by Crippen LogP contribution is -2.30. The molecule has 1 heterocycles. The van der Waals surface area contributed by atoms with Gasteiger partial charge in [0.2, 0.25) is 0 Å². The van der Waals surface area contributed by atoms with Crippen LogP contribution >= 0.6 is 0 Å². The van der Waals surface area contributed by atoms with Gasteiger partial charge in [-0.15, -0.1) is 0 Å². The maximum absolute atomic E-state index is 13.2. The van der Waals surface area contributed by atoms with Crippen molar-refractivity contribution in [1.82, 2.24) is 5.32 Å². The Hall–Kier alpha value is -4.43. The van der Waals surface area contributed by atoms with Crippen molar-refractivity contribution in [2.75, 3.05) is 16.7 Å². The zero-order valence-corrected chi connectivity index (χ0v) is 20.2. The number of hydrogen-bond acceptors (Lipinski definition) is 4. The van der Waals surface area contributed by atoms with Gasteiger partial charge in [-0.25, -0.2) is 8.42 Å². The van der Waals surface area contributed by atoms with E-state index >= 15 is 0 Å². The minimum atomic E-state index is -3.67. The first-order valence-electron chi connectivity index (χ1n) is 11.3. The highest BCUT2D eigenvalue weighted by atomic mass is 32.2. The van der Waals surface area contributed by atoms with E-state index in [9.17, 15) is 18.0 Å². The number of rotatable bonds is 5. The molecular formula is C28H23N3O4S. The van der Waals surface area contributed by atoms with Gasteiger partial charge in [0.1, 0.15) is 0 Å². The van der Waals surface area contributed by atoms with Crippen LogP contribution in [0.3, 0.4) is 0 Å². The highest BCUT2D eigenvalue weighted by Gasteiger charge is 2.32. The lowest BCUT2D eigenvalue weighted by atomic mass is 10.00. The summed E-state index contributed by atoms with van der Waals surface area (Å²) in [7, 11) is -2.17. The van der Waals surface area contributed by atoms with Crippen molar-refractivity contribution >= 4 is 33.2 Å². The van der Waals surface area contributed by atoms with Crippen LogP contribution in [0.25, 0.3) is 11.1 Å². The molecule has 0 saturated heterocycles. The summed E-state index contributed by atoms with van der Waals surface area (Å²) in [6.45, 7) is 0.364. The van der Waals surface area contributed by atoms with E-state index in [-0.39, 0.29) is 10.8 Å². The average molecular weight is 498 g/mol. The van der Waals surface area contributed by atoms with E-state index in [1.807, 2.05) is 30.3 Å². The molecule has 2 N–H and O–H groups in total. The van der Waals surface area contributed by atoms with Crippen molar-refractivity contribution < 1.29 is 18.0 Å². The number of carbonyl (C=O) groups is 2. The van der Waals surface area contributed by atoms with Crippen molar-refractivity contribution in [3.05, 3.63) is 114 Å². The number of nitrogens with zero attached hydrogens (tertiary/aromatic N) is 1. The number of amides is 2. The van der Waals surface area contributed by atoms with E-state index < -0.39 is 15.9 Å². The van der Waals surface area contributed by atoms with E-state index in [2.05, 4.69) is 10.6 Å². The molecule has 0 fully saturated rings. The maximum atomic E-state index is 13.2. The van der Waals surface area contributed by atoms with Crippen molar-refractivity contribution in [2.45, 2.75) is 11.4 Å². The standard InChI is InChI=1S/C28H23N3O4S/c1-31-25-16-15-20(17-23(25)21-11-6-8-14-26(21)36(31,34)35)27(32)30-24-13-7-5-12-22(24)28(33)29-18-19-9-3-2-4-10-19/h2-17H,18H2,1H3,(H,29,33)(H,30,32). The van der Waals surface area contributed by atoms with Crippen LogP contribution < -0.4 is 14.9 Å². The molecule has 1 aliphatic heterocycles. The van der Waals surface area contributed by atoms with Gasteiger partial charge >= 0.3 is 0 Å². The highest BCUT2D eigenvalue weighted by molar-refractivity contribution is 7.93. The zero-order valence-electron chi connectivity index (χ0n) is 19.4. The van der Waals surface area contributed by atoms with E-state index in [1.165, 1.54) is 11.4 Å². The number of para-hydroxylation sites is 1. The molecule has 0 bridgehead atoms. The maximum Gasteiger partial charge on any atom is 0.264 e. The fourth-order valence-corrected chi connectivity index (χ4v) is 5.64. The summed E-state index contributed by atoms with van der Waals surface area (Å²) in [6, 6.07) is 27.9. The molecule has 4 aromatic rings. The number of anilines is 2. The van der Waals surface area contributed by atoms with E-state index in [4.69, 9.17) is 0 Å². The Balaban J connectivity index is 1.41. The first kappa shape index (κ1) is 23.3. The van der Waals surface area contributed by atoms with Gasteiger partial charge in [-0.2, -0.15) is 0 Å². The van der Waals surface area contributed by atoms with Crippen LogP contribution in [0.5, 0.6) is 0 Å². The fourth-order valence-electron chi connectivity index (χ4n) is 4.22. The lowest BCUT2D eigenvalue weighted by molar-refractivity contribution is 0.0951. The Bertz CT molecular complexity index is 1580. The smallest absolute Gasteiger partial charge is 0.264 e.